The maximum atomic E-state index is 6.29. The van der Waals surface area contributed by atoms with Gasteiger partial charge in [0.05, 0.1) is 22.8 Å². The standard InChI is InChI=1S/C52H36N4O/c1-2-42-49(38-19-10-5-11-20-38)55-52(41-29-30-44-43-23-12-13-24-47(43)57-48(44)32-41)56-50(42)39-21-14-22-40(31-39)51-53-45(36-17-8-4-9-18-36)33-46(54-51)37-27-25-35(26-28-37)34-15-6-3-7-16-34/h3-33H,2H2,1H3. The molecule has 3 aromatic heterocycles. The minimum atomic E-state index is 0.636. The summed E-state index contributed by atoms with van der Waals surface area (Å²) in [6, 6.07) is 64.6. The SMILES string of the molecule is CCc1c(-c2ccccc2)nc(-c2ccc3c(c2)oc2ccccc23)nc1-c1cccc(-c2nc(-c3ccccc3)cc(-c3ccc(-c4ccccc4)cc3)n2)c1. The largest absolute Gasteiger partial charge is 0.456 e. The van der Waals surface area contributed by atoms with E-state index in [1.165, 1.54) is 5.56 Å². The quantitative estimate of drug-likeness (QED) is 0.156. The molecule has 3 heterocycles. The number of hydrogen-bond donors (Lipinski definition) is 0. The average Bonchev–Trinajstić information content (AvgIpc) is 3.67. The number of aromatic nitrogens is 4. The highest BCUT2D eigenvalue weighted by Crippen LogP contribution is 2.37. The Morgan fingerprint density at radius 1 is 0.351 bits per heavy atom. The zero-order valence-corrected chi connectivity index (χ0v) is 31.3. The molecule has 5 nitrogen and oxygen atoms in total. The first kappa shape index (κ1) is 34.0. The lowest BCUT2D eigenvalue weighted by molar-refractivity contribution is 0.669. The van der Waals surface area contributed by atoms with E-state index in [0.29, 0.717) is 11.6 Å². The lowest BCUT2D eigenvalue weighted by Crippen LogP contribution is -2.03. The van der Waals surface area contributed by atoms with Crippen LogP contribution in [-0.2, 0) is 6.42 Å². The lowest BCUT2D eigenvalue weighted by Gasteiger charge is -2.16. The van der Waals surface area contributed by atoms with Gasteiger partial charge in [-0.15, -0.1) is 0 Å². The zero-order chi connectivity index (χ0) is 38.1. The molecule has 0 bridgehead atoms. The van der Waals surface area contributed by atoms with Gasteiger partial charge in [-0.05, 0) is 47.9 Å². The van der Waals surface area contributed by atoms with Gasteiger partial charge in [0.2, 0.25) is 0 Å². The average molecular weight is 733 g/mol. The highest BCUT2D eigenvalue weighted by molar-refractivity contribution is 6.05. The Hall–Kier alpha value is -7.50. The van der Waals surface area contributed by atoms with E-state index in [9.17, 15) is 0 Å². The molecule has 10 rings (SSSR count). The van der Waals surface area contributed by atoms with Gasteiger partial charge in [0.25, 0.3) is 0 Å². The summed E-state index contributed by atoms with van der Waals surface area (Å²) in [7, 11) is 0. The monoisotopic (exact) mass is 732 g/mol. The number of hydrogen-bond acceptors (Lipinski definition) is 5. The Balaban J connectivity index is 1.11. The topological polar surface area (TPSA) is 64.7 Å². The number of para-hydroxylation sites is 1. The van der Waals surface area contributed by atoms with Crippen LogP contribution in [0.5, 0.6) is 0 Å². The van der Waals surface area contributed by atoms with E-state index in [-0.39, 0.29) is 0 Å². The van der Waals surface area contributed by atoms with Crippen molar-refractivity contribution in [3.05, 3.63) is 194 Å². The van der Waals surface area contributed by atoms with Gasteiger partial charge in [0.1, 0.15) is 11.2 Å². The van der Waals surface area contributed by atoms with Crippen LogP contribution in [0.2, 0.25) is 0 Å². The maximum absolute atomic E-state index is 6.29. The van der Waals surface area contributed by atoms with Gasteiger partial charge in [0, 0.05) is 49.7 Å². The molecule has 0 saturated carbocycles. The molecule has 10 aromatic rings. The van der Waals surface area contributed by atoms with Crippen molar-refractivity contribution in [2.75, 3.05) is 0 Å². The van der Waals surface area contributed by atoms with Crippen LogP contribution in [0.25, 0.3) is 101 Å². The first-order chi connectivity index (χ1) is 28.2. The zero-order valence-electron chi connectivity index (χ0n) is 31.3. The Labute approximate surface area is 331 Å². The third-order valence-corrected chi connectivity index (χ3v) is 10.5. The van der Waals surface area contributed by atoms with Crippen molar-refractivity contribution < 1.29 is 4.42 Å². The van der Waals surface area contributed by atoms with Crippen molar-refractivity contribution in [1.29, 1.82) is 0 Å². The predicted octanol–water partition coefficient (Wildman–Crippen LogP) is 13.4. The van der Waals surface area contributed by atoms with Gasteiger partial charge in [0.15, 0.2) is 11.6 Å². The molecule has 7 aromatic carbocycles. The highest BCUT2D eigenvalue weighted by Gasteiger charge is 2.20. The van der Waals surface area contributed by atoms with Crippen LogP contribution in [0.15, 0.2) is 192 Å². The Kier molecular flexibility index (Phi) is 8.73. The van der Waals surface area contributed by atoms with E-state index < -0.39 is 0 Å². The summed E-state index contributed by atoms with van der Waals surface area (Å²) in [6.45, 7) is 2.17. The third kappa shape index (κ3) is 6.55. The first-order valence-corrected chi connectivity index (χ1v) is 19.3. The fourth-order valence-corrected chi connectivity index (χ4v) is 7.64. The van der Waals surface area contributed by atoms with E-state index in [4.69, 9.17) is 24.4 Å². The molecule has 0 spiro atoms. The molecule has 0 radical (unpaired) electrons. The molecule has 0 aliphatic heterocycles. The number of rotatable bonds is 8. The summed E-state index contributed by atoms with van der Waals surface area (Å²) in [5, 5.41) is 2.16. The summed E-state index contributed by atoms with van der Waals surface area (Å²) in [5.41, 5.74) is 14.4. The molecule has 0 N–H and O–H groups in total. The van der Waals surface area contributed by atoms with E-state index in [1.807, 2.05) is 48.5 Å². The minimum absolute atomic E-state index is 0.636. The summed E-state index contributed by atoms with van der Waals surface area (Å²) < 4.78 is 6.29. The molecule has 0 aliphatic carbocycles. The molecule has 0 fully saturated rings. The predicted molar refractivity (Wildman–Crippen MR) is 232 cm³/mol. The second-order valence-corrected chi connectivity index (χ2v) is 14.1. The van der Waals surface area contributed by atoms with E-state index in [1.54, 1.807) is 0 Å². The number of furan rings is 1. The first-order valence-electron chi connectivity index (χ1n) is 19.3. The summed E-state index contributed by atoms with van der Waals surface area (Å²) >= 11 is 0. The second-order valence-electron chi connectivity index (χ2n) is 14.1. The molecule has 5 heteroatoms. The number of fused-ring (bicyclic) bond motifs is 3. The number of nitrogens with zero attached hydrogens (tertiary/aromatic N) is 4. The van der Waals surface area contributed by atoms with Crippen LogP contribution in [0.1, 0.15) is 12.5 Å². The minimum Gasteiger partial charge on any atom is -0.456 e. The van der Waals surface area contributed by atoms with Crippen LogP contribution >= 0.6 is 0 Å². The van der Waals surface area contributed by atoms with Crippen molar-refractivity contribution in [2.24, 2.45) is 0 Å². The van der Waals surface area contributed by atoms with Crippen molar-refractivity contribution in [2.45, 2.75) is 13.3 Å². The smallest absolute Gasteiger partial charge is 0.160 e. The fraction of sp³-hybridized carbons (Fsp3) is 0.0385. The highest BCUT2D eigenvalue weighted by atomic mass is 16.3. The Bertz CT molecular complexity index is 3030. The fourth-order valence-electron chi connectivity index (χ4n) is 7.64. The molecule has 0 amide bonds. The van der Waals surface area contributed by atoms with Crippen molar-refractivity contribution in [3.8, 4) is 78.9 Å². The van der Waals surface area contributed by atoms with Gasteiger partial charge in [-0.25, -0.2) is 19.9 Å². The van der Waals surface area contributed by atoms with Crippen molar-refractivity contribution >= 4 is 21.9 Å². The van der Waals surface area contributed by atoms with Gasteiger partial charge >= 0.3 is 0 Å². The van der Waals surface area contributed by atoms with Crippen molar-refractivity contribution in [3.63, 3.8) is 0 Å². The molecule has 0 saturated heterocycles. The maximum Gasteiger partial charge on any atom is 0.160 e. The molecular weight excluding hydrogens is 697 g/mol. The normalized spacial score (nSPS) is 11.3. The summed E-state index contributed by atoms with van der Waals surface area (Å²) in [4.78, 5) is 21.0. The molecular formula is C52H36N4O. The molecule has 0 atom stereocenters. The van der Waals surface area contributed by atoms with Crippen LogP contribution in [0.3, 0.4) is 0 Å². The summed E-state index contributed by atoms with van der Waals surface area (Å²) in [5.74, 6) is 1.28. The van der Waals surface area contributed by atoms with E-state index >= 15 is 0 Å². The third-order valence-electron chi connectivity index (χ3n) is 10.5. The lowest BCUT2D eigenvalue weighted by atomic mass is 9.96. The van der Waals surface area contributed by atoms with Crippen LogP contribution in [0.4, 0.5) is 0 Å². The van der Waals surface area contributed by atoms with Gasteiger partial charge in [-0.2, -0.15) is 0 Å². The number of benzene rings is 7. The van der Waals surface area contributed by atoms with Crippen LogP contribution in [0, 0.1) is 0 Å². The second kappa shape index (κ2) is 14.6. The van der Waals surface area contributed by atoms with Crippen LogP contribution in [-0.4, -0.2) is 19.9 Å². The molecule has 57 heavy (non-hydrogen) atoms. The Morgan fingerprint density at radius 3 is 1.53 bits per heavy atom. The molecule has 270 valence electrons. The van der Waals surface area contributed by atoms with Crippen molar-refractivity contribution in [1.82, 2.24) is 19.9 Å². The van der Waals surface area contributed by atoms with Crippen LogP contribution < -0.4 is 0 Å². The Morgan fingerprint density at radius 2 is 0.825 bits per heavy atom. The van der Waals surface area contributed by atoms with Gasteiger partial charge < -0.3 is 4.42 Å². The summed E-state index contributed by atoms with van der Waals surface area (Å²) in [6.07, 6.45) is 0.746. The van der Waals surface area contributed by atoms with Gasteiger partial charge in [-0.3, -0.25) is 0 Å². The van der Waals surface area contributed by atoms with E-state index in [2.05, 4.69) is 146 Å². The molecule has 0 unspecified atom stereocenters. The molecule has 0 aliphatic rings. The van der Waals surface area contributed by atoms with Gasteiger partial charge in [-0.1, -0.05) is 165 Å². The van der Waals surface area contributed by atoms with E-state index in [0.717, 1.165) is 95.6 Å².